The number of hydrogen-bond acceptors (Lipinski definition) is 2. The van der Waals surface area contributed by atoms with Crippen molar-refractivity contribution >= 4 is 5.78 Å². The fourth-order valence-electron chi connectivity index (χ4n) is 2.61. The number of rotatable bonds is 5. The monoisotopic (exact) mass is 284 g/mol. The van der Waals surface area contributed by atoms with E-state index in [1.54, 1.807) is 0 Å². The first-order chi connectivity index (χ1) is 9.93. The fourth-order valence-corrected chi connectivity index (χ4v) is 2.61. The molecule has 0 atom stereocenters. The Morgan fingerprint density at radius 3 is 2.33 bits per heavy atom. The van der Waals surface area contributed by atoms with E-state index in [-0.39, 0.29) is 5.78 Å². The summed E-state index contributed by atoms with van der Waals surface area (Å²) in [6.07, 6.45) is 0.524. The van der Waals surface area contributed by atoms with Crippen molar-refractivity contribution in [2.45, 2.75) is 53.5 Å². The maximum Gasteiger partial charge on any atom is 0.166 e. The lowest BCUT2D eigenvalue weighted by Gasteiger charge is -2.08. The van der Waals surface area contributed by atoms with Crippen LogP contribution < -0.4 is 0 Å². The van der Waals surface area contributed by atoms with Gasteiger partial charge >= 0.3 is 0 Å². The molecular weight excluding hydrogens is 260 g/mol. The first-order valence-electron chi connectivity index (χ1n) is 7.60. The molecule has 0 spiro atoms. The summed E-state index contributed by atoms with van der Waals surface area (Å²) in [5.74, 6) is 0.716. The van der Waals surface area contributed by atoms with E-state index in [1.165, 1.54) is 11.1 Å². The molecule has 2 aromatic rings. The van der Waals surface area contributed by atoms with E-state index in [0.29, 0.717) is 18.9 Å². The van der Waals surface area contributed by atoms with Crippen molar-refractivity contribution in [1.82, 2.24) is 9.78 Å². The highest BCUT2D eigenvalue weighted by Gasteiger charge is 2.17. The highest BCUT2D eigenvalue weighted by Crippen LogP contribution is 2.18. The lowest BCUT2D eigenvalue weighted by Crippen LogP contribution is -2.06. The van der Waals surface area contributed by atoms with Crippen LogP contribution in [-0.2, 0) is 6.54 Å². The summed E-state index contributed by atoms with van der Waals surface area (Å²) in [7, 11) is 0. The smallest absolute Gasteiger partial charge is 0.166 e. The maximum atomic E-state index is 12.0. The quantitative estimate of drug-likeness (QED) is 0.769. The van der Waals surface area contributed by atoms with Crippen molar-refractivity contribution in [2.75, 3.05) is 0 Å². The highest BCUT2D eigenvalue weighted by molar-refractivity contribution is 5.97. The lowest BCUT2D eigenvalue weighted by molar-refractivity contribution is 0.0987. The van der Waals surface area contributed by atoms with E-state index in [9.17, 15) is 4.79 Å². The molecular formula is C18H24N2O. The number of aromatic nitrogens is 2. The number of carbonyl (C=O) groups excluding carboxylic acids is 1. The zero-order valence-electron chi connectivity index (χ0n) is 13.6. The molecule has 3 heteroatoms. The van der Waals surface area contributed by atoms with Crippen LogP contribution in [0.2, 0.25) is 0 Å². The summed E-state index contributed by atoms with van der Waals surface area (Å²) in [6, 6.07) is 8.63. The number of nitrogens with zero attached hydrogens (tertiary/aromatic N) is 2. The summed E-state index contributed by atoms with van der Waals surface area (Å²) < 4.78 is 1.93. The van der Waals surface area contributed by atoms with E-state index in [4.69, 9.17) is 0 Å². The molecule has 21 heavy (non-hydrogen) atoms. The van der Waals surface area contributed by atoms with Crippen LogP contribution in [0.1, 0.15) is 66.0 Å². The van der Waals surface area contributed by atoms with Gasteiger partial charge < -0.3 is 0 Å². The maximum absolute atomic E-state index is 12.0. The van der Waals surface area contributed by atoms with Crippen LogP contribution in [0.3, 0.4) is 0 Å². The third-order valence-electron chi connectivity index (χ3n) is 3.96. The van der Waals surface area contributed by atoms with Gasteiger partial charge in [-0.3, -0.25) is 9.48 Å². The van der Waals surface area contributed by atoms with Gasteiger partial charge in [0.2, 0.25) is 0 Å². The standard InChI is InChI=1S/C18H24N2O/c1-6-17(21)18-13(4)19-20(14(18)5)11-15-7-9-16(10-8-15)12(2)3/h7-10,12H,6,11H2,1-5H3. The predicted octanol–water partition coefficient (Wildman–Crippen LogP) is 4.26. The summed E-state index contributed by atoms with van der Waals surface area (Å²) in [5, 5.41) is 4.53. The molecule has 0 aliphatic carbocycles. The van der Waals surface area contributed by atoms with Crippen molar-refractivity contribution in [3.8, 4) is 0 Å². The van der Waals surface area contributed by atoms with Crippen molar-refractivity contribution in [1.29, 1.82) is 0 Å². The summed E-state index contributed by atoms with van der Waals surface area (Å²) in [4.78, 5) is 12.0. The van der Waals surface area contributed by atoms with Gasteiger partial charge in [-0.1, -0.05) is 45.0 Å². The van der Waals surface area contributed by atoms with Gasteiger partial charge in [-0.25, -0.2) is 0 Å². The molecule has 1 aromatic heterocycles. The van der Waals surface area contributed by atoms with Crippen molar-refractivity contribution in [2.24, 2.45) is 0 Å². The molecule has 0 unspecified atom stereocenters. The molecule has 0 saturated heterocycles. The summed E-state index contributed by atoms with van der Waals surface area (Å²) >= 11 is 0. The average molecular weight is 284 g/mol. The molecule has 0 aliphatic heterocycles. The average Bonchev–Trinajstić information content (AvgIpc) is 2.73. The number of carbonyl (C=O) groups is 1. The molecule has 2 rings (SSSR count). The van der Waals surface area contributed by atoms with Gasteiger partial charge in [0.1, 0.15) is 0 Å². The third-order valence-corrected chi connectivity index (χ3v) is 3.96. The van der Waals surface area contributed by atoms with Crippen LogP contribution in [0.5, 0.6) is 0 Å². The van der Waals surface area contributed by atoms with Crippen LogP contribution in [0.15, 0.2) is 24.3 Å². The highest BCUT2D eigenvalue weighted by atomic mass is 16.1. The van der Waals surface area contributed by atoms with Gasteiger partial charge in [-0.15, -0.1) is 0 Å². The fraction of sp³-hybridized carbons (Fsp3) is 0.444. The Bertz CT molecular complexity index is 636. The van der Waals surface area contributed by atoms with Gasteiger partial charge in [-0.05, 0) is 30.9 Å². The van der Waals surface area contributed by atoms with Crippen molar-refractivity contribution in [3.05, 3.63) is 52.3 Å². The Labute approximate surface area is 127 Å². The Morgan fingerprint density at radius 2 is 1.81 bits per heavy atom. The van der Waals surface area contributed by atoms with E-state index in [2.05, 4.69) is 43.2 Å². The van der Waals surface area contributed by atoms with Gasteiger partial charge in [0.15, 0.2) is 5.78 Å². The summed E-state index contributed by atoms with van der Waals surface area (Å²) in [6.45, 7) is 10.9. The molecule has 1 aromatic carbocycles. The molecule has 112 valence electrons. The second kappa shape index (κ2) is 6.25. The van der Waals surface area contributed by atoms with E-state index < -0.39 is 0 Å². The molecule has 1 heterocycles. The normalized spacial score (nSPS) is 11.1. The van der Waals surface area contributed by atoms with Gasteiger partial charge in [0, 0.05) is 12.1 Å². The van der Waals surface area contributed by atoms with Gasteiger partial charge in [0.05, 0.1) is 17.8 Å². The number of Topliss-reactive ketones (excluding diaryl/α,β-unsaturated/α-hetero) is 1. The first kappa shape index (κ1) is 15.5. The Balaban J connectivity index is 2.26. The first-order valence-corrected chi connectivity index (χ1v) is 7.60. The minimum absolute atomic E-state index is 0.173. The molecule has 0 radical (unpaired) electrons. The Morgan fingerprint density at radius 1 is 1.19 bits per heavy atom. The number of aryl methyl sites for hydroxylation is 1. The topological polar surface area (TPSA) is 34.9 Å². The number of hydrogen-bond donors (Lipinski definition) is 0. The third kappa shape index (κ3) is 3.23. The van der Waals surface area contributed by atoms with Crippen molar-refractivity contribution in [3.63, 3.8) is 0 Å². The molecule has 0 N–H and O–H groups in total. The molecule has 0 bridgehead atoms. The second-order valence-electron chi connectivity index (χ2n) is 5.88. The summed E-state index contributed by atoms with van der Waals surface area (Å²) in [5.41, 5.74) is 5.14. The molecule has 0 amide bonds. The second-order valence-corrected chi connectivity index (χ2v) is 5.88. The Hall–Kier alpha value is -1.90. The lowest BCUT2D eigenvalue weighted by atomic mass is 10.0. The largest absolute Gasteiger partial charge is 0.294 e. The minimum Gasteiger partial charge on any atom is -0.294 e. The van der Waals surface area contributed by atoms with E-state index in [0.717, 1.165) is 17.0 Å². The van der Waals surface area contributed by atoms with Gasteiger partial charge in [0.25, 0.3) is 0 Å². The van der Waals surface area contributed by atoms with E-state index in [1.807, 2.05) is 25.5 Å². The van der Waals surface area contributed by atoms with Crippen molar-refractivity contribution < 1.29 is 4.79 Å². The van der Waals surface area contributed by atoms with Crippen LogP contribution in [0.4, 0.5) is 0 Å². The zero-order chi connectivity index (χ0) is 15.6. The minimum atomic E-state index is 0.173. The number of ketones is 1. The Kier molecular flexibility index (Phi) is 4.61. The molecule has 3 nitrogen and oxygen atoms in total. The SMILES string of the molecule is CCC(=O)c1c(C)nn(Cc2ccc(C(C)C)cc2)c1C. The van der Waals surface area contributed by atoms with Crippen LogP contribution in [-0.4, -0.2) is 15.6 Å². The molecule has 0 aliphatic rings. The van der Waals surface area contributed by atoms with Crippen LogP contribution >= 0.6 is 0 Å². The van der Waals surface area contributed by atoms with Crippen LogP contribution in [0.25, 0.3) is 0 Å². The van der Waals surface area contributed by atoms with E-state index >= 15 is 0 Å². The molecule has 0 fully saturated rings. The zero-order valence-corrected chi connectivity index (χ0v) is 13.6. The predicted molar refractivity (Wildman–Crippen MR) is 86.0 cm³/mol. The molecule has 0 saturated carbocycles. The van der Waals surface area contributed by atoms with Crippen LogP contribution in [0, 0.1) is 13.8 Å². The van der Waals surface area contributed by atoms with Gasteiger partial charge in [-0.2, -0.15) is 5.10 Å². The number of benzene rings is 1.